The molecule has 0 amide bonds. The minimum Gasteiger partial charge on any atom is -0.494 e. The van der Waals surface area contributed by atoms with E-state index < -0.39 is 5.72 Å². The fourth-order valence-electron chi connectivity index (χ4n) is 3.93. The first-order valence-electron chi connectivity index (χ1n) is 9.61. The number of β-amino-alcohol motifs (C(OH)–C–C–N with tert-alkyl or cyclic N) is 1. The Kier molecular flexibility index (Phi) is 4.91. The summed E-state index contributed by atoms with van der Waals surface area (Å²) >= 11 is 1.84. The number of hydrogen-bond donors (Lipinski definition) is 1. The van der Waals surface area contributed by atoms with Gasteiger partial charge in [-0.15, -0.1) is 0 Å². The number of amidine groups is 1. The zero-order chi connectivity index (χ0) is 19.0. The molecule has 1 N–H and O–H groups in total. The van der Waals surface area contributed by atoms with Crippen molar-refractivity contribution in [3.63, 3.8) is 0 Å². The molecule has 2 aromatic carbocycles. The molecule has 4 rings (SSSR count). The molecule has 1 atom stereocenters. The molecule has 0 saturated carbocycles. The Morgan fingerprint density at radius 2 is 1.96 bits per heavy atom. The highest BCUT2D eigenvalue weighted by Gasteiger charge is 2.53. The summed E-state index contributed by atoms with van der Waals surface area (Å²) in [6, 6.07) is 14.4. The smallest absolute Gasteiger partial charge is 0.316 e. The van der Waals surface area contributed by atoms with Crippen molar-refractivity contribution in [1.82, 2.24) is 0 Å². The van der Waals surface area contributed by atoms with Crippen LogP contribution >= 0.6 is 11.8 Å². The largest absolute Gasteiger partial charge is 0.494 e. The van der Waals surface area contributed by atoms with Crippen LogP contribution in [0.4, 0.5) is 5.69 Å². The number of hydrogen-bond acceptors (Lipinski definition) is 4. The second-order valence-corrected chi connectivity index (χ2v) is 8.35. The lowest BCUT2D eigenvalue weighted by molar-refractivity contribution is -0.656. The minimum absolute atomic E-state index is 0.535. The van der Waals surface area contributed by atoms with E-state index in [1.165, 1.54) is 16.8 Å². The maximum Gasteiger partial charge on any atom is 0.316 e. The number of rotatable bonds is 4. The van der Waals surface area contributed by atoms with Gasteiger partial charge < -0.3 is 9.84 Å². The van der Waals surface area contributed by atoms with Crippen molar-refractivity contribution in [2.45, 2.75) is 32.9 Å². The molecule has 0 saturated heterocycles. The van der Waals surface area contributed by atoms with Gasteiger partial charge in [-0.1, -0.05) is 12.1 Å². The minimum atomic E-state index is -1.02. The predicted octanol–water partition coefficient (Wildman–Crippen LogP) is 3.87. The monoisotopic (exact) mass is 383 g/mol. The van der Waals surface area contributed by atoms with Crippen molar-refractivity contribution in [2.75, 3.05) is 30.3 Å². The van der Waals surface area contributed by atoms with E-state index in [0.29, 0.717) is 13.2 Å². The van der Waals surface area contributed by atoms with Crippen LogP contribution in [-0.4, -0.2) is 40.3 Å². The third kappa shape index (κ3) is 3.23. The van der Waals surface area contributed by atoms with Gasteiger partial charge >= 0.3 is 5.17 Å². The lowest BCUT2D eigenvalue weighted by Crippen LogP contribution is -2.41. The zero-order valence-electron chi connectivity index (χ0n) is 16.2. The Labute approximate surface area is 165 Å². The number of nitrogens with zero attached hydrogens (tertiary/aromatic N) is 2. The van der Waals surface area contributed by atoms with Crippen molar-refractivity contribution >= 4 is 22.6 Å². The first-order valence-corrected chi connectivity index (χ1v) is 10.6. The molecule has 0 radical (unpaired) electrons. The molecule has 0 unspecified atom stereocenters. The maximum absolute atomic E-state index is 11.8. The average molecular weight is 384 g/mol. The van der Waals surface area contributed by atoms with Gasteiger partial charge in [0, 0.05) is 11.3 Å². The van der Waals surface area contributed by atoms with E-state index in [9.17, 15) is 5.11 Å². The van der Waals surface area contributed by atoms with E-state index in [1.807, 2.05) is 43.0 Å². The van der Waals surface area contributed by atoms with Crippen molar-refractivity contribution in [3.05, 3.63) is 59.2 Å². The van der Waals surface area contributed by atoms with Crippen LogP contribution in [-0.2, 0) is 5.72 Å². The summed E-state index contributed by atoms with van der Waals surface area (Å²) in [6.07, 6.45) is 1.08. The van der Waals surface area contributed by atoms with Crippen LogP contribution in [0.5, 0.6) is 5.75 Å². The lowest BCUT2D eigenvalue weighted by Gasteiger charge is -2.24. The van der Waals surface area contributed by atoms with Gasteiger partial charge in [-0.05, 0) is 80.4 Å². The van der Waals surface area contributed by atoms with Crippen molar-refractivity contribution in [1.29, 1.82) is 0 Å². The van der Waals surface area contributed by atoms with Gasteiger partial charge in [0.05, 0.1) is 13.2 Å². The summed E-state index contributed by atoms with van der Waals surface area (Å²) < 4.78 is 7.75. The van der Waals surface area contributed by atoms with E-state index in [0.717, 1.165) is 35.2 Å². The fraction of sp³-hybridized carbons (Fsp3) is 0.409. The molecule has 0 aliphatic carbocycles. The third-order valence-corrected chi connectivity index (χ3v) is 6.52. The second kappa shape index (κ2) is 7.21. The van der Waals surface area contributed by atoms with Gasteiger partial charge in [0.2, 0.25) is 0 Å². The van der Waals surface area contributed by atoms with Crippen LogP contribution in [0, 0.1) is 13.8 Å². The van der Waals surface area contributed by atoms with Crippen molar-refractivity contribution in [2.24, 2.45) is 0 Å². The van der Waals surface area contributed by atoms with E-state index in [1.54, 1.807) is 0 Å². The predicted molar refractivity (Wildman–Crippen MR) is 112 cm³/mol. The highest BCUT2D eigenvalue weighted by Crippen LogP contribution is 2.39. The van der Waals surface area contributed by atoms with Crippen LogP contribution in [0.15, 0.2) is 42.5 Å². The normalized spacial score (nSPS) is 22.1. The third-order valence-electron chi connectivity index (χ3n) is 5.33. The molecular formula is C22H27N2O2S+. The SMILES string of the molecule is CCOc1ccc([C@]2(O)CN(c3cc(C)ccc3C)C3=[N+]2CCCS3)cc1. The van der Waals surface area contributed by atoms with Gasteiger partial charge in [-0.3, -0.25) is 0 Å². The van der Waals surface area contributed by atoms with E-state index in [-0.39, 0.29) is 0 Å². The number of ether oxygens (including phenoxy) is 1. The van der Waals surface area contributed by atoms with Gasteiger partial charge in [0.25, 0.3) is 5.72 Å². The van der Waals surface area contributed by atoms with Gasteiger partial charge in [0.1, 0.15) is 11.4 Å². The number of anilines is 1. The Bertz CT molecular complexity index is 878. The molecular weight excluding hydrogens is 356 g/mol. The van der Waals surface area contributed by atoms with Crippen molar-refractivity contribution < 1.29 is 14.4 Å². The number of aliphatic hydroxyl groups is 1. The summed E-state index contributed by atoms with van der Waals surface area (Å²) in [6.45, 7) is 8.29. The van der Waals surface area contributed by atoms with E-state index in [4.69, 9.17) is 4.74 Å². The van der Waals surface area contributed by atoms with Crippen LogP contribution in [0.1, 0.15) is 30.0 Å². The summed E-state index contributed by atoms with van der Waals surface area (Å²) in [5.41, 5.74) is 3.55. The van der Waals surface area contributed by atoms with E-state index >= 15 is 0 Å². The first-order chi connectivity index (χ1) is 13.0. The Morgan fingerprint density at radius 1 is 1.19 bits per heavy atom. The number of benzene rings is 2. The standard InChI is InChI=1S/C22H27N2O2S/c1-4-26-19-10-8-18(9-11-19)22(25)15-23(21-24(22)12-5-13-27-21)20-14-16(2)6-7-17(20)3/h6-11,14,25H,4-5,12-13,15H2,1-3H3/q+1/t22-/m1/s1. The Morgan fingerprint density at radius 3 is 2.70 bits per heavy atom. The topological polar surface area (TPSA) is 35.7 Å². The Balaban J connectivity index is 1.76. The van der Waals surface area contributed by atoms with Crippen LogP contribution in [0.25, 0.3) is 0 Å². The number of thioether (sulfide) groups is 1. The molecule has 27 heavy (non-hydrogen) atoms. The molecule has 142 valence electrons. The number of aryl methyl sites for hydroxylation is 2. The molecule has 0 fully saturated rings. The summed E-state index contributed by atoms with van der Waals surface area (Å²) in [7, 11) is 0. The van der Waals surface area contributed by atoms with Gasteiger partial charge in [0.15, 0.2) is 6.54 Å². The molecule has 2 heterocycles. The van der Waals surface area contributed by atoms with Gasteiger partial charge in [-0.25, -0.2) is 9.48 Å². The highest BCUT2D eigenvalue weighted by molar-refractivity contribution is 8.13. The highest BCUT2D eigenvalue weighted by atomic mass is 32.2. The van der Waals surface area contributed by atoms with Crippen LogP contribution in [0.3, 0.4) is 0 Å². The molecule has 0 aromatic heterocycles. The van der Waals surface area contributed by atoms with Crippen molar-refractivity contribution in [3.8, 4) is 5.75 Å². The van der Waals surface area contributed by atoms with Crippen LogP contribution < -0.4 is 9.64 Å². The summed E-state index contributed by atoms with van der Waals surface area (Å²) in [5, 5.41) is 12.9. The second-order valence-electron chi connectivity index (χ2n) is 7.29. The average Bonchev–Trinajstić information content (AvgIpc) is 2.99. The molecule has 2 aliphatic heterocycles. The van der Waals surface area contributed by atoms with E-state index in [2.05, 4.69) is 41.5 Å². The molecule has 4 nitrogen and oxygen atoms in total. The lowest BCUT2D eigenvalue weighted by atomic mass is 10.0. The zero-order valence-corrected chi connectivity index (χ0v) is 17.1. The summed E-state index contributed by atoms with van der Waals surface area (Å²) in [4.78, 5) is 2.29. The fourth-order valence-corrected chi connectivity index (χ4v) is 5.10. The molecule has 0 spiro atoms. The first kappa shape index (κ1) is 18.4. The quantitative estimate of drug-likeness (QED) is 0.813. The molecule has 0 bridgehead atoms. The molecule has 2 aromatic rings. The molecule has 2 aliphatic rings. The molecule has 5 heteroatoms. The Hall–Kier alpha value is -1.98. The van der Waals surface area contributed by atoms with Gasteiger partial charge in [-0.2, -0.15) is 0 Å². The van der Waals surface area contributed by atoms with Crippen LogP contribution in [0.2, 0.25) is 0 Å². The summed E-state index contributed by atoms with van der Waals surface area (Å²) in [5.74, 6) is 1.93. The maximum atomic E-state index is 11.8.